The molecular weight excluding hydrogens is 444 g/mol. The molecule has 0 aromatic heterocycles. The fraction of sp³-hybridized carbons (Fsp3) is 0.280. The van der Waals surface area contributed by atoms with Crippen molar-refractivity contribution in [3.05, 3.63) is 76.8 Å². The minimum Gasteiger partial charge on any atom is -0.497 e. The second-order valence-electron chi connectivity index (χ2n) is 8.17. The van der Waals surface area contributed by atoms with Gasteiger partial charge in [-0.15, -0.1) is 0 Å². The summed E-state index contributed by atoms with van der Waals surface area (Å²) >= 11 is 5.94. The Labute approximate surface area is 196 Å². The van der Waals surface area contributed by atoms with Crippen molar-refractivity contribution in [1.29, 1.82) is 0 Å². The van der Waals surface area contributed by atoms with Gasteiger partial charge in [0.05, 0.1) is 18.9 Å². The van der Waals surface area contributed by atoms with E-state index in [4.69, 9.17) is 16.3 Å². The number of hydrazine groups is 1. The van der Waals surface area contributed by atoms with E-state index in [9.17, 15) is 19.2 Å². The number of halogens is 1. The number of methoxy groups -OCH3 is 1. The van der Waals surface area contributed by atoms with Crippen LogP contribution in [0.3, 0.4) is 0 Å². The van der Waals surface area contributed by atoms with E-state index in [0.29, 0.717) is 22.8 Å². The van der Waals surface area contributed by atoms with Gasteiger partial charge >= 0.3 is 0 Å². The van der Waals surface area contributed by atoms with Gasteiger partial charge in [0.2, 0.25) is 0 Å². The van der Waals surface area contributed by atoms with E-state index < -0.39 is 41.9 Å². The van der Waals surface area contributed by atoms with Crippen LogP contribution in [0.1, 0.15) is 34.1 Å². The van der Waals surface area contributed by atoms with Gasteiger partial charge in [-0.05, 0) is 48.7 Å². The molecule has 4 rings (SSSR count). The second kappa shape index (κ2) is 9.19. The molecule has 3 amide bonds. The molecule has 1 aliphatic heterocycles. The van der Waals surface area contributed by atoms with E-state index >= 15 is 0 Å². The van der Waals surface area contributed by atoms with Crippen LogP contribution in [0, 0.1) is 17.8 Å². The first-order chi connectivity index (χ1) is 15.8. The number of Topliss-reactive ketones (excluding diaryl/α,β-unsaturated/α-hetero) is 1. The lowest BCUT2D eigenvalue weighted by Crippen LogP contribution is -2.52. The van der Waals surface area contributed by atoms with Crippen molar-refractivity contribution in [2.24, 2.45) is 17.8 Å². The monoisotopic (exact) mass is 466 g/mol. The highest BCUT2D eigenvalue weighted by Crippen LogP contribution is 2.39. The van der Waals surface area contributed by atoms with E-state index in [1.807, 2.05) is 19.1 Å². The molecule has 0 N–H and O–H groups in total. The summed E-state index contributed by atoms with van der Waals surface area (Å²) in [7, 11) is 1.48. The molecule has 2 aromatic carbocycles. The van der Waals surface area contributed by atoms with Crippen LogP contribution < -0.4 is 4.74 Å². The van der Waals surface area contributed by atoms with Crippen LogP contribution in [0.2, 0.25) is 5.02 Å². The van der Waals surface area contributed by atoms with Crippen LogP contribution >= 0.6 is 11.6 Å². The molecule has 0 spiro atoms. The second-order valence-corrected chi connectivity index (χ2v) is 8.60. The topological polar surface area (TPSA) is 84.0 Å². The van der Waals surface area contributed by atoms with Gasteiger partial charge in [-0.25, -0.2) is 5.01 Å². The number of carbonyl (C=O) groups is 4. The molecule has 33 heavy (non-hydrogen) atoms. The van der Waals surface area contributed by atoms with Crippen molar-refractivity contribution in [2.45, 2.75) is 13.3 Å². The highest BCUT2D eigenvalue weighted by Gasteiger charge is 2.53. The summed E-state index contributed by atoms with van der Waals surface area (Å²) in [5.74, 6) is -2.78. The number of hydrogen-bond donors (Lipinski definition) is 0. The van der Waals surface area contributed by atoms with E-state index in [0.717, 1.165) is 10.0 Å². The number of ether oxygens (including phenoxy) is 1. The van der Waals surface area contributed by atoms with E-state index in [1.54, 1.807) is 24.3 Å². The molecule has 2 aliphatic rings. The Balaban J connectivity index is 1.70. The summed E-state index contributed by atoms with van der Waals surface area (Å²) in [4.78, 5) is 53.2. The Hall–Kier alpha value is -3.45. The molecule has 1 heterocycles. The number of nitrogens with zero attached hydrogens (tertiary/aromatic N) is 2. The third-order valence-corrected chi connectivity index (χ3v) is 6.35. The minimum absolute atomic E-state index is 0.147. The molecule has 0 bridgehead atoms. The number of benzene rings is 2. The molecule has 3 atom stereocenters. The summed E-state index contributed by atoms with van der Waals surface area (Å²) < 4.78 is 5.18. The zero-order chi connectivity index (χ0) is 23.7. The van der Waals surface area contributed by atoms with Gasteiger partial charge in [-0.3, -0.25) is 19.2 Å². The Bertz CT molecular complexity index is 1140. The number of carbonyl (C=O) groups excluding carboxylic acids is 4. The van der Waals surface area contributed by atoms with Crippen LogP contribution in [0.4, 0.5) is 0 Å². The van der Waals surface area contributed by atoms with Gasteiger partial charge in [0, 0.05) is 16.1 Å². The van der Waals surface area contributed by atoms with Crippen LogP contribution in [0.15, 0.2) is 60.7 Å². The lowest BCUT2D eigenvalue weighted by Gasteiger charge is -2.30. The molecule has 0 radical (unpaired) electrons. The summed E-state index contributed by atoms with van der Waals surface area (Å²) in [6.45, 7) is 1.39. The Morgan fingerprint density at radius 1 is 1.09 bits per heavy atom. The molecule has 2 aromatic rings. The lowest BCUT2D eigenvalue weighted by atomic mass is 9.78. The number of rotatable bonds is 6. The Morgan fingerprint density at radius 3 is 2.48 bits per heavy atom. The van der Waals surface area contributed by atoms with Crippen LogP contribution in [0.25, 0.3) is 0 Å². The third-order valence-electron chi connectivity index (χ3n) is 6.10. The fourth-order valence-electron chi connectivity index (χ4n) is 4.37. The van der Waals surface area contributed by atoms with Crippen LogP contribution in [0.5, 0.6) is 5.75 Å². The largest absolute Gasteiger partial charge is 0.497 e. The number of amides is 3. The maximum absolute atomic E-state index is 13.5. The SMILES string of the molecule is COc1cccc(C(=O)CN(C(=O)c2ccc(Cl)cc2)N2C(=O)[C@@H]3[C@@H](C)C=CC[C@H]3C2=O)c1. The van der Waals surface area contributed by atoms with E-state index in [2.05, 4.69) is 0 Å². The summed E-state index contributed by atoms with van der Waals surface area (Å²) in [5, 5.41) is 2.26. The average molecular weight is 467 g/mol. The van der Waals surface area contributed by atoms with E-state index in [1.165, 1.54) is 31.4 Å². The van der Waals surface area contributed by atoms with Crippen molar-refractivity contribution in [1.82, 2.24) is 10.0 Å². The zero-order valence-electron chi connectivity index (χ0n) is 18.2. The maximum Gasteiger partial charge on any atom is 0.273 e. The first kappa shape index (κ1) is 22.7. The molecule has 1 saturated heterocycles. The highest BCUT2D eigenvalue weighted by molar-refractivity contribution is 6.30. The van der Waals surface area contributed by atoms with Crippen molar-refractivity contribution in [2.75, 3.05) is 13.7 Å². The molecule has 1 fully saturated rings. The smallest absolute Gasteiger partial charge is 0.273 e. The van der Waals surface area contributed by atoms with Gasteiger partial charge in [-0.1, -0.05) is 42.8 Å². The van der Waals surface area contributed by atoms with Gasteiger partial charge < -0.3 is 4.74 Å². The highest BCUT2D eigenvalue weighted by atomic mass is 35.5. The molecule has 1 aliphatic carbocycles. The van der Waals surface area contributed by atoms with Crippen LogP contribution in [-0.2, 0) is 9.59 Å². The predicted molar refractivity (Wildman–Crippen MR) is 122 cm³/mol. The molecular formula is C25H23ClN2O5. The zero-order valence-corrected chi connectivity index (χ0v) is 19.0. The predicted octanol–water partition coefficient (Wildman–Crippen LogP) is 3.79. The molecule has 8 heteroatoms. The Kier molecular flexibility index (Phi) is 6.33. The molecule has 7 nitrogen and oxygen atoms in total. The number of hydrogen-bond acceptors (Lipinski definition) is 5. The normalized spacial score (nSPS) is 21.7. The quantitative estimate of drug-likeness (QED) is 0.367. The van der Waals surface area contributed by atoms with Gasteiger partial charge in [0.15, 0.2) is 5.78 Å². The van der Waals surface area contributed by atoms with Crippen molar-refractivity contribution < 1.29 is 23.9 Å². The van der Waals surface area contributed by atoms with Gasteiger partial charge in [0.25, 0.3) is 17.7 Å². The number of allylic oxidation sites excluding steroid dienone is 2. The van der Waals surface area contributed by atoms with Crippen molar-refractivity contribution >= 4 is 35.1 Å². The van der Waals surface area contributed by atoms with E-state index in [-0.39, 0.29) is 11.5 Å². The lowest BCUT2D eigenvalue weighted by molar-refractivity contribution is -0.154. The summed E-state index contributed by atoms with van der Waals surface area (Å²) in [6, 6.07) is 12.6. The summed E-state index contributed by atoms with van der Waals surface area (Å²) in [6.07, 6.45) is 4.21. The third kappa shape index (κ3) is 4.28. The average Bonchev–Trinajstić information content (AvgIpc) is 3.08. The summed E-state index contributed by atoms with van der Waals surface area (Å²) in [5.41, 5.74) is 0.509. The number of imide groups is 1. The number of fused-ring (bicyclic) bond motifs is 1. The minimum atomic E-state index is -0.635. The molecule has 0 unspecified atom stereocenters. The molecule has 0 saturated carbocycles. The fourth-order valence-corrected chi connectivity index (χ4v) is 4.49. The maximum atomic E-state index is 13.5. The van der Waals surface area contributed by atoms with Crippen molar-refractivity contribution in [3.8, 4) is 5.75 Å². The van der Waals surface area contributed by atoms with Crippen molar-refractivity contribution in [3.63, 3.8) is 0 Å². The van der Waals surface area contributed by atoms with Crippen LogP contribution in [-0.4, -0.2) is 47.2 Å². The van der Waals surface area contributed by atoms with Gasteiger partial charge in [0.1, 0.15) is 12.3 Å². The molecule has 170 valence electrons. The first-order valence-electron chi connectivity index (χ1n) is 10.6. The van der Waals surface area contributed by atoms with Gasteiger partial charge in [-0.2, -0.15) is 5.01 Å². The Morgan fingerprint density at radius 2 is 1.82 bits per heavy atom. The standard InChI is InChI=1S/C25H23ClN2O5/c1-15-5-3-8-20-22(15)25(32)28(24(20)31)27(23(30)16-9-11-18(26)12-10-16)14-21(29)17-6-4-7-19(13-17)33-2/h3-7,9-13,15,20,22H,8,14H2,1-2H3/t15-,20+,22+/m0/s1. The number of ketones is 1. The first-order valence-corrected chi connectivity index (χ1v) is 11.0.